The van der Waals surface area contributed by atoms with E-state index in [4.69, 9.17) is 21.1 Å². The fourth-order valence-electron chi connectivity index (χ4n) is 3.31. The van der Waals surface area contributed by atoms with E-state index in [1.54, 1.807) is 10.8 Å². The molecule has 10 heteroatoms. The van der Waals surface area contributed by atoms with E-state index >= 15 is 0 Å². The van der Waals surface area contributed by atoms with Crippen molar-refractivity contribution in [2.24, 2.45) is 0 Å². The molecule has 1 heterocycles. The summed E-state index contributed by atoms with van der Waals surface area (Å²) in [4.78, 5) is 16.4. The van der Waals surface area contributed by atoms with Gasteiger partial charge in [-0.05, 0) is 30.2 Å². The van der Waals surface area contributed by atoms with E-state index in [9.17, 15) is 17.6 Å². The smallest absolute Gasteiger partial charge is 0.267 e. The number of benzene rings is 2. The summed E-state index contributed by atoms with van der Waals surface area (Å²) in [6.07, 6.45) is 3.55. The first kappa shape index (κ1) is 25.5. The number of aromatic nitrogens is 1. The van der Waals surface area contributed by atoms with Crippen molar-refractivity contribution in [2.75, 3.05) is 13.4 Å². The van der Waals surface area contributed by atoms with Gasteiger partial charge in [0.2, 0.25) is 15.9 Å². The zero-order valence-electron chi connectivity index (χ0n) is 18.8. The summed E-state index contributed by atoms with van der Waals surface area (Å²) in [6, 6.07) is 13.7. The molecule has 3 rings (SSSR count). The highest BCUT2D eigenvalue weighted by Crippen LogP contribution is 2.36. The normalized spacial score (nSPS) is 12.1. The molecule has 0 saturated heterocycles. The maximum atomic E-state index is 14.7. The molecule has 2 aromatic carbocycles. The lowest BCUT2D eigenvalue weighted by atomic mass is 10.0. The van der Waals surface area contributed by atoms with Crippen LogP contribution in [0.2, 0.25) is 5.02 Å². The number of hydrogen-bond donors (Lipinski definition) is 1. The Morgan fingerprint density at radius 2 is 1.91 bits per heavy atom. The molecule has 0 aliphatic heterocycles. The van der Waals surface area contributed by atoms with Crippen LogP contribution in [0.15, 0.2) is 54.7 Å². The van der Waals surface area contributed by atoms with Gasteiger partial charge in [0.1, 0.15) is 22.7 Å². The van der Waals surface area contributed by atoms with E-state index in [0.717, 1.165) is 30.4 Å². The Labute approximate surface area is 202 Å². The number of methoxy groups -OCH3 is 1. The van der Waals surface area contributed by atoms with Crippen molar-refractivity contribution >= 4 is 27.5 Å². The summed E-state index contributed by atoms with van der Waals surface area (Å²) in [5, 5.41) is 0.227. The van der Waals surface area contributed by atoms with Gasteiger partial charge < -0.3 is 9.47 Å². The first-order valence-electron chi connectivity index (χ1n) is 10.4. The third-order valence-corrected chi connectivity index (χ3v) is 5.80. The molecule has 0 radical (unpaired) electrons. The molecule has 34 heavy (non-hydrogen) atoms. The van der Waals surface area contributed by atoms with E-state index in [-0.39, 0.29) is 28.3 Å². The molecule has 0 bridgehead atoms. The zero-order chi connectivity index (χ0) is 24.9. The third-order valence-electron chi connectivity index (χ3n) is 4.97. The van der Waals surface area contributed by atoms with E-state index in [1.807, 2.05) is 37.3 Å². The molecule has 0 fully saturated rings. The highest BCUT2D eigenvalue weighted by atomic mass is 35.5. The van der Waals surface area contributed by atoms with Gasteiger partial charge in [-0.1, -0.05) is 48.9 Å². The number of carbonyl (C=O) groups is 1. The minimum atomic E-state index is -3.86. The van der Waals surface area contributed by atoms with Crippen LogP contribution in [0.3, 0.4) is 0 Å². The van der Waals surface area contributed by atoms with Gasteiger partial charge in [-0.3, -0.25) is 4.79 Å². The van der Waals surface area contributed by atoms with E-state index in [2.05, 4.69) is 4.98 Å². The van der Waals surface area contributed by atoms with Gasteiger partial charge in [-0.25, -0.2) is 22.5 Å². The van der Waals surface area contributed by atoms with Crippen molar-refractivity contribution in [3.63, 3.8) is 0 Å². The maximum Gasteiger partial charge on any atom is 0.267 e. The quantitative estimate of drug-likeness (QED) is 0.454. The Balaban J connectivity index is 1.87. The zero-order valence-corrected chi connectivity index (χ0v) is 20.4. The molecule has 1 amide bonds. The van der Waals surface area contributed by atoms with Crippen LogP contribution in [0.4, 0.5) is 4.39 Å². The number of nitrogens with zero attached hydrogens (tertiary/aromatic N) is 1. The lowest BCUT2D eigenvalue weighted by Gasteiger charge is -2.18. The monoisotopic (exact) mass is 506 g/mol. The average molecular weight is 507 g/mol. The molecule has 1 atom stereocenters. The third kappa shape index (κ3) is 6.45. The molecule has 1 N–H and O–H groups in total. The summed E-state index contributed by atoms with van der Waals surface area (Å²) < 4.78 is 50.4. The van der Waals surface area contributed by atoms with Gasteiger partial charge in [-0.2, -0.15) is 0 Å². The number of carbonyl (C=O) groups excluding carboxylic acids is 1. The highest BCUT2D eigenvalue weighted by Gasteiger charge is 2.21. The van der Waals surface area contributed by atoms with Gasteiger partial charge in [0.05, 0.1) is 18.9 Å². The predicted molar refractivity (Wildman–Crippen MR) is 128 cm³/mol. The van der Waals surface area contributed by atoms with Crippen molar-refractivity contribution in [3.8, 4) is 22.8 Å². The second-order valence-electron chi connectivity index (χ2n) is 7.58. The topological polar surface area (TPSA) is 94.6 Å². The number of sulfonamides is 1. The highest BCUT2D eigenvalue weighted by molar-refractivity contribution is 7.89. The molecule has 0 spiro atoms. The maximum absolute atomic E-state index is 14.7. The summed E-state index contributed by atoms with van der Waals surface area (Å²) in [7, 11) is -2.52. The van der Waals surface area contributed by atoms with Gasteiger partial charge >= 0.3 is 0 Å². The van der Waals surface area contributed by atoms with E-state index < -0.39 is 27.3 Å². The number of amides is 1. The van der Waals surface area contributed by atoms with Crippen molar-refractivity contribution in [3.05, 3.63) is 76.7 Å². The average Bonchev–Trinajstić information content (AvgIpc) is 2.79. The summed E-state index contributed by atoms with van der Waals surface area (Å²) in [6.45, 7) is 2.00. The molecule has 0 aliphatic rings. The van der Waals surface area contributed by atoms with Gasteiger partial charge in [-0.15, -0.1) is 0 Å². The largest absolute Gasteiger partial charge is 0.496 e. The number of pyridine rings is 1. The molecule has 1 aromatic heterocycles. The van der Waals surface area contributed by atoms with Crippen LogP contribution in [-0.2, 0) is 16.4 Å². The first-order chi connectivity index (χ1) is 16.1. The van der Waals surface area contributed by atoms with Crippen LogP contribution >= 0.6 is 11.6 Å². The first-order valence-corrected chi connectivity index (χ1v) is 12.6. The van der Waals surface area contributed by atoms with E-state index in [0.29, 0.717) is 12.0 Å². The van der Waals surface area contributed by atoms with Crippen molar-refractivity contribution in [1.29, 1.82) is 0 Å². The standard InChI is InChI=1S/C24H24ClFN2O5S/c1-4-17(10-15-8-6-5-7-9-15)33-24-20(25)11-16(14-27-24)18-12-21(26)19(13-22(18)32-2)23(29)28-34(3,30)31/h5-9,11-14,17H,4,10H2,1-3H3,(H,28,29)/t17-/m0/s1. The number of ether oxygens (including phenoxy) is 2. The fourth-order valence-corrected chi connectivity index (χ4v) is 3.97. The number of hydrogen-bond acceptors (Lipinski definition) is 6. The molecule has 0 unspecified atom stereocenters. The molecule has 180 valence electrons. The SMILES string of the molecule is CC[C@@H](Cc1ccccc1)Oc1ncc(-c2cc(F)c(C(=O)NS(C)(=O)=O)cc2OC)cc1Cl. The van der Waals surface area contributed by atoms with E-state index in [1.165, 1.54) is 13.3 Å². The molecule has 0 aliphatic carbocycles. The summed E-state index contributed by atoms with van der Waals surface area (Å²) in [5.41, 5.74) is 1.37. The lowest BCUT2D eigenvalue weighted by molar-refractivity contribution is 0.0977. The Kier molecular flexibility index (Phi) is 8.11. The van der Waals surface area contributed by atoms with Crippen LogP contribution in [0.25, 0.3) is 11.1 Å². The minimum Gasteiger partial charge on any atom is -0.496 e. The van der Waals surface area contributed by atoms with Crippen molar-refractivity contribution < 1.29 is 27.1 Å². The summed E-state index contributed by atoms with van der Waals surface area (Å²) in [5.74, 6) is -1.64. The second-order valence-corrected chi connectivity index (χ2v) is 9.74. The Bertz CT molecular complexity index is 1290. The van der Waals surface area contributed by atoms with Crippen molar-refractivity contribution in [1.82, 2.24) is 9.71 Å². The van der Waals surface area contributed by atoms with Crippen molar-refractivity contribution in [2.45, 2.75) is 25.9 Å². The Hall–Kier alpha value is -3.17. The van der Waals surface area contributed by atoms with Crippen LogP contribution in [0.5, 0.6) is 11.6 Å². The minimum absolute atomic E-state index is 0.141. The molecular weight excluding hydrogens is 483 g/mol. The van der Waals surface area contributed by atoms with Gasteiger partial charge in [0.25, 0.3) is 5.91 Å². The van der Waals surface area contributed by atoms with Crippen LogP contribution in [0, 0.1) is 5.82 Å². The second kappa shape index (κ2) is 10.8. The Morgan fingerprint density at radius 3 is 2.50 bits per heavy atom. The fraction of sp³-hybridized carbons (Fsp3) is 0.250. The number of halogens is 2. The number of rotatable bonds is 9. The lowest BCUT2D eigenvalue weighted by Crippen LogP contribution is -2.30. The Morgan fingerprint density at radius 1 is 1.21 bits per heavy atom. The van der Waals surface area contributed by atoms with Gasteiger partial charge in [0.15, 0.2) is 0 Å². The molecule has 3 aromatic rings. The van der Waals surface area contributed by atoms with Gasteiger partial charge in [0, 0.05) is 23.7 Å². The molecular formula is C24H24ClFN2O5S. The van der Waals surface area contributed by atoms with Crippen LogP contribution < -0.4 is 14.2 Å². The number of nitrogens with one attached hydrogen (secondary N) is 1. The van der Waals surface area contributed by atoms with Crippen LogP contribution in [0.1, 0.15) is 29.3 Å². The van der Waals surface area contributed by atoms with Crippen LogP contribution in [-0.4, -0.2) is 38.8 Å². The molecule has 7 nitrogen and oxygen atoms in total. The molecule has 0 saturated carbocycles. The summed E-state index contributed by atoms with van der Waals surface area (Å²) >= 11 is 6.42. The predicted octanol–water partition coefficient (Wildman–Crippen LogP) is 4.64.